The molecule has 2 aromatic carbocycles. The highest BCUT2D eigenvalue weighted by Crippen LogP contribution is 2.29. The third-order valence-corrected chi connectivity index (χ3v) is 5.82. The van der Waals surface area contributed by atoms with E-state index < -0.39 is 17.0 Å². The lowest BCUT2D eigenvalue weighted by atomic mass is 9.86. The van der Waals surface area contributed by atoms with Gasteiger partial charge in [0.15, 0.2) is 0 Å². The van der Waals surface area contributed by atoms with Gasteiger partial charge in [-0.15, -0.1) is 5.10 Å². The summed E-state index contributed by atoms with van der Waals surface area (Å²) in [4.78, 5) is 2.19. The maximum Gasteiger partial charge on any atom is 0.201 e. The fraction of sp³-hybridized carbons (Fsp3) is 0.333. The van der Waals surface area contributed by atoms with Crippen LogP contribution in [0.1, 0.15) is 29.2 Å². The molecule has 1 aliphatic heterocycles. The van der Waals surface area contributed by atoms with E-state index >= 15 is 0 Å². The van der Waals surface area contributed by atoms with Crippen molar-refractivity contribution in [3.8, 4) is 5.69 Å². The number of aliphatic hydroxyl groups excluding tert-OH is 1. The quantitative estimate of drug-likeness (QED) is 0.491. The Kier molecular flexibility index (Phi) is 6.53. The molecule has 1 aliphatic rings. The maximum absolute atomic E-state index is 10.8. The Balaban J connectivity index is 1.37. The van der Waals surface area contributed by atoms with Crippen molar-refractivity contribution in [2.45, 2.75) is 31.5 Å². The number of para-hydroxylation sites is 1. The Hall–Kier alpha value is -2.59. The van der Waals surface area contributed by atoms with Crippen LogP contribution in [-0.2, 0) is 24.0 Å². The minimum Gasteiger partial charge on any atom is -0.391 e. The van der Waals surface area contributed by atoms with E-state index in [1.807, 2.05) is 60.8 Å². The number of nitrogens with one attached hydrogen (secondary N) is 1. The molecular weight excluding hydrogens is 402 g/mol. The summed E-state index contributed by atoms with van der Waals surface area (Å²) in [5.41, 5.74) is 3.76. The van der Waals surface area contributed by atoms with Crippen LogP contribution in [0.4, 0.5) is 0 Å². The van der Waals surface area contributed by atoms with E-state index in [9.17, 15) is 13.5 Å². The minimum absolute atomic E-state index is 0.0298. The summed E-state index contributed by atoms with van der Waals surface area (Å²) < 4.78 is 25.7. The van der Waals surface area contributed by atoms with Crippen molar-refractivity contribution >= 4 is 10.9 Å². The number of rotatable bonds is 7. The molecule has 2 N–H and O–H groups in total. The van der Waals surface area contributed by atoms with E-state index in [-0.39, 0.29) is 12.5 Å². The molecule has 0 bridgehead atoms. The largest absolute Gasteiger partial charge is 0.391 e. The van der Waals surface area contributed by atoms with Gasteiger partial charge in [0.25, 0.3) is 0 Å². The summed E-state index contributed by atoms with van der Waals surface area (Å²) in [6.07, 6.45) is 2.24. The van der Waals surface area contributed by atoms with E-state index in [2.05, 4.69) is 19.9 Å². The lowest BCUT2D eigenvalue weighted by Crippen LogP contribution is -2.42. The number of nitrogens with zero attached hydrogens (tertiary/aromatic N) is 4. The molecule has 3 aromatic rings. The Morgan fingerprint density at radius 3 is 2.73 bits per heavy atom. The average Bonchev–Trinajstić information content (AvgIpc) is 3.22. The summed E-state index contributed by atoms with van der Waals surface area (Å²) in [5, 5.41) is 19.2. The Bertz CT molecular complexity index is 1050. The first-order valence-electron chi connectivity index (χ1n) is 9.92. The molecule has 1 saturated heterocycles. The van der Waals surface area contributed by atoms with Crippen LogP contribution in [0.3, 0.4) is 0 Å². The fourth-order valence-electron chi connectivity index (χ4n) is 3.93. The highest BCUT2D eigenvalue weighted by Gasteiger charge is 2.29. The van der Waals surface area contributed by atoms with E-state index in [0.717, 1.165) is 35.5 Å². The molecule has 30 heavy (non-hydrogen) atoms. The second kappa shape index (κ2) is 9.48. The van der Waals surface area contributed by atoms with E-state index in [4.69, 9.17) is 0 Å². The van der Waals surface area contributed by atoms with E-state index in [1.165, 1.54) is 0 Å². The predicted molar refractivity (Wildman–Crippen MR) is 114 cm³/mol. The first-order chi connectivity index (χ1) is 14.6. The summed E-state index contributed by atoms with van der Waals surface area (Å²) in [5.74, 6) is 0.0298. The van der Waals surface area contributed by atoms with Crippen LogP contribution in [0.2, 0.25) is 0 Å². The van der Waals surface area contributed by atoms with Crippen molar-refractivity contribution in [2.75, 3.05) is 13.1 Å². The van der Waals surface area contributed by atoms with Gasteiger partial charge in [0.05, 0.1) is 23.7 Å². The van der Waals surface area contributed by atoms with Gasteiger partial charge in [0, 0.05) is 25.6 Å². The molecule has 2 heterocycles. The number of aliphatic hydroxyl groups is 1. The summed E-state index contributed by atoms with van der Waals surface area (Å²) in [7, 11) is -2.62. The van der Waals surface area contributed by atoms with Crippen molar-refractivity contribution < 1.29 is 13.5 Å². The number of piperidine rings is 1. The van der Waals surface area contributed by atoms with Gasteiger partial charge >= 0.3 is 0 Å². The lowest BCUT2D eigenvalue weighted by Gasteiger charge is -2.36. The van der Waals surface area contributed by atoms with E-state index in [0.29, 0.717) is 13.1 Å². The van der Waals surface area contributed by atoms with Gasteiger partial charge in [-0.3, -0.25) is 4.90 Å². The van der Waals surface area contributed by atoms with Crippen LogP contribution in [0.15, 0.2) is 60.8 Å². The molecule has 0 radical (unpaired) electrons. The molecule has 0 saturated carbocycles. The fourth-order valence-corrected chi connectivity index (χ4v) is 4.24. The summed E-state index contributed by atoms with van der Waals surface area (Å²) >= 11 is 0. The number of benzene rings is 2. The number of hydrogen-bond acceptors (Lipinski definition) is 6. The zero-order valence-corrected chi connectivity index (χ0v) is 17.4. The standard InChI is InChI=1S/C21H25N5O3S/c27-21-15-25(13-18-14-26(24-23-18)19-7-2-1-3-8-19)10-9-20(21)17-6-4-5-16(11-17)12-22-30(28)29/h1-8,11,14,20-21,27,30H,9-10,12-13,15H2,(H,22,28,29)/t20-,21-/m0/s1. The SMILES string of the molecule is O=[SH](=O)NCc1cccc([C@@H]2CCN(Cc3cn(-c4ccccc4)nn3)C[C@@H]2O)c1. The Morgan fingerprint density at radius 2 is 1.97 bits per heavy atom. The van der Waals surface area contributed by atoms with Crippen molar-refractivity contribution in [2.24, 2.45) is 0 Å². The number of β-amino-alcohol motifs (C(OH)–C–C–N with tert-alkyl or cyclic N) is 1. The highest BCUT2D eigenvalue weighted by atomic mass is 32.2. The smallest absolute Gasteiger partial charge is 0.201 e. The first-order valence-corrected chi connectivity index (χ1v) is 11.1. The molecule has 4 rings (SSSR count). The molecule has 0 unspecified atom stereocenters. The zero-order chi connectivity index (χ0) is 20.9. The molecular formula is C21H25N5O3S. The number of aromatic nitrogens is 3. The molecule has 9 heteroatoms. The van der Waals surface area contributed by atoms with Crippen LogP contribution in [0, 0.1) is 0 Å². The molecule has 8 nitrogen and oxygen atoms in total. The number of likely N-dealkylation sites (tertiary alicyclic amines) is 1. The van der Waals surface area contributed by atoms with Gasteiger partial charge in [-0.1, -0.05) is 47.7 Å². The van der Waals surface area contributed by atoms with Gasteiger partial charge in [-0.05, 0) is 36.2 Å². The van der Waals surface area contributed by atoms with Gasteiger partial charge in [-0.25, -0.2) is 17.8 Å². The summed E-state index contributed by atoms with van der Waals surface area (Å²) in [6, 6.07) is 17.6. The molecule has 0 amide bonds. The Morgan fingerprint density at radius 1 is 1.13 bits per heavy atom. The third-order valence-electron chi connectivity index (χ3n) is 5.40. The number of hydrogen-bond donors (Lipinski definition) is 3. The monoisotopic (exact) mass is 427 g/mol. The van der Waals surface area contributed by atoms with Crippen molar-refractivity contribution in [1.82, 2.24) is 24.6 Å². The van der Waals surface area contributed by atoms with Crippen molar-refractivity contribution in [1.29, 1.82) is 0 Å². The second-order valence-corrected chi connectivity index (χ2v) is 8.36. The zero-order valence-electron chi connectivity index (χ0n) is 16.5. The predicted octanol–water partition coefficient (Wildman–Crippen LogP) is 1.23. The molecule has 2 atom stereocenters. The molecule has 1 fully saturated rings. The van der Waals surface area contributed by atoms with Crippen LogP contribution < -0.4 is 4.72 Å². The molecule has 1 aromatic heterocycles. The second-order valence-electron chi connectivity index (χ2n) is 7.52. The third kappa shape index (κ3) is 5.11. The summed E-state index contributed by atoms with van der Waals surface area (Å²) in [6.45, 7) is 2.29. The number of thiol groups is 1. The normalized spacial score (nSPS) is 19.9. The van der Waals surface area contributed by atoms with Gasteiger partial charge < -0.3 is 5.11 Å². The highest BCUT2D eigenvalue weighted by molar-refractivity contribution is 7.70. The van der Waals surface area contributed by atoms with Gasteiger partial charge in [-0.2, -0.15) is 0 Å². The first kappa shape index (κ1) is 20.7. The Labute approximate surface area is 177 Å². The lowest BCUT2D eigenvalue weighted by molar-refractivity contribution is 0.0471. The van der Waals surface area contributed by atoms with Gasteiger partial charge in [0.2, 0.25) is 10.9 Å². The average molecular weight is 428 g/mol. The topological polar surface area (TPSA) is 100 Å². The molecule has 0 aliphatic carbocycles. The molecule has 158 valence electrons. The van der Waals surface area contributed by atoms with Crippen molar-refractivity contribution in [3.63, 3.8) is 0 Å². The van der Waals surface area contributed by atoms with Crippen LogP contribution in [0.5, 0.6) is 0 Å². The van der Waals surface area contributed by atoms with Crippen molar-refractivity contribution in [3.05, 3.63) is 77.6 Å². The molecule has 0 spiro atoms. The maximum atomic E-state index is 10.8. The van der Waals surface area contributed by atoms with Gasteiger partial charge in [0.1, 0.15) is 0 Å². The van der Waals surface area contributed by atoms with Crippen LogP contribution in [0.25, 0.3) is 5.69 Å². The van der Waals surface area contributed by atoms with Crippen LogP contribution in [-0.4, -0.2) is 52.6 Å². The van der Waals surface area contributed by atoms with E-state index in [1.54, 1.807) is 4.68 Å². The van der Waals surface area contributed by atoms with Crippen LogP contribution >= 0.6 is 0 Å². The minimum atomic E-state index is -2.62.